The minimum atomic E-state index is -1.56. The molecule has 0 saturated heterocycles. The van der Waals surface area contributed by atoms with Gasteiger partial charge >= 0.3 is 0 Å². The summed E-state index contributed by atoms with van der Waals surface area (Å²) in [6.07, 6.45) is 8.89. The molecule has 0 aliphatic heterocycles. The summed E-state index contributed by atoms with van der Waals surface area (Å²) in [4.78, 5) is 11.3. The van der Waals surface area contributed by atoms with Gasteiger partial charge in [0.2, 0.25) is 0 Å². The highest BCUT2D eigenvalue weighted by atomic mass is 28.4. The maximum absolute atomic E-state index is 6.36. The quantitative estimate of drug-likeness (QED) is 0.198. The van der Waals surface area contributed by atoms with Crippen LogP contribution in [0.25, 0.3) is 0 Å². The highest BCUT2D eigenvalue weighted by Gasteiger charge is 2.38. The van der Waals surface area contributed by atoms with E-state index in [2.05, 4.69) is 82.0 Å². The van der Waals surface area contributed by atoms with Crippen molar-refractivity contribution in [3.05, 3.63) is 0 Å². The lowest BCUT2D eigenvalue weighted by atomic mass is 9.68. The Morgan fingerprint density at radius 2 is 1.03 bits per heavy atom. The van der Waals surface area contributed by atoms with Crippen LogP contribution in [0.1, 0.15) is 107 Å². The van der Waals surface area contributed by atoms with Crippen LogP contribution < -0.4 is 0 Å². The summed E-state index contributed by atoms with van der Waals surface area (Å²) >= 11 is 0. The van der Waals surface area contributed by atoms with Crippen molar-refractivity contribution < 1.29 is 4.43 Å². The van der Waals surface area contributed by atoms with E-state index in [1.165, 1.54) is 49.9 Å². The molecule has 2 fully saturated rings. The maximum Gasteiger partial charge on any atom is 0.183 e. The van der Waals surface area contributed by atoms with Crippen molar-refractivity contribution in [2.24, 2.45) is 57.3 Å². The minimum Gasteiger partial charge on any atom is -0.417 e. The molecule has 0 bridgehead atoms. The van der Waals surface area contributed by atoms with Crippen LogP contribution in [-0.2, 0) is 4.43 Å². The highest BCUT2D eigenvalue weighted by molar-refractivity contribution is 6.69. The predicted molar refractivity (Wildman–Crippen MR) is 163 cm³/mol. The molecule has 2 aliphatic carbocycles. The molecule has 3 nitrogen and oxygen atoms in total. The molecule has 0 aromatic carbocycles. The zero-order chi connectivity index (χ0) is 27.2. The third kappa shape index (κ3) is 9.07. The Kier molecular flexibility index (Phi) is 12.4. The molecule has 36 heavy (non-hydrogen) atoms. The van der Waals surface area contributed by atoms with Gasteiger partial charge in [-0.25, -0.2) is 0 Å². The van der Waals surface area contributed by atoms with Crippen LogP contribution in [0, 0.1) is 47.3 Å². The number of hydrogen-bond acceptors (Lipinski definition) is 3. The smallest absolute Gasteiger partial charge is 0.183 e. The molecule has 0 radical (unpaired) electrons. The van der Waals surface area contributed by atoms with E-state index in [1.807, 2.05) is 0 Å². The molecule has 4 unspecified atom stereocenters. The first-order valence-corrected chi connectivity index (χ1v) is 18.9. The van der Waals surface area contributed by atoms with Crippen molar-refractivity contribution >= 4 is 19.7 Å². The lowest BCUT2D eigenvalue weighted by Crippen LogP contribution is -2.40. The van der Waals surface area contributed by atoms with E-state index in [0.717, 1.165) is 13.0 Å². The maximum atomic E-state index is 6.36. The van der Waals surface area contributed by atoms with Crippen LogP contribution in [-0.4, -0.2) is 38.4 Å². The predicted octanol–water partition coefficient (Wildman–Crippen LogP) is 9.32. The molecule has 0 aromatic heterocycles. The Morgan fingerprint density at radius 3 is 1.36 bits per heavy atom. The van der Waals surface area contributed by atoms with E-state index in [-0.39, 0.29) is 0 Å². The van der Waals surface area contributed by atoms with Crippen molar-refractivity contribution in [3.8, 4) is 0 Å². The average Bonchev–Trinajstić information content (AvgIpc) is 2.77. The summed E-state index contributed by atoms with van der Waals surface area (Å²) in [6, 6.07) is 0.842. The third-order valence-electron chi connectivity index (χ3n) is 9.27. The number of rotatable bonds is 11. The second kappa shape index (κ2) is 14.1. The first-order chi connectivity index (χ1) is 16.7. The molecule has 0 aromatic rings. The Morgan fingerprint density at radius 1 is 0.667 bits per heavy atom. The summed E-state index contributed by atoms with van der Waals surface area (Å²) in [7, 11) is -1.56. The van der Waals surface area contributed by atoms with E-state index in [1.54, 1.807) is 0 Å². The van der Waals surface area contributed by atoms with Crippen molar-refractivity contribution in [1.29, 1.82) is 0 Å². The first-order valence-electron chi connectivity index (χ1n) is 15.5. The lowest BCUT2D eigenvalue weighted by molar-refractivity contribution is 0.142. The standard InChI is InChI=1S/C32H62N2OSi/c1-21(2)26-15-13-16-27(22(3)4)31(26)33-25(9)30(19-20-35-36(10,11)12)34-32-28(23(5)6)17-14-18-29(32)24(7)8/h21-24,26-29,31-32H,13-20H2,1-12H3. The number of nitrogens with zero attached hydrogens (tertiary/aromatic N) is 2. The molecule has 2 rings (SSSR count). The fourth-order valence-corrected chi connectivity index (χ4v) is 7.78. The van der Waals surface area contributed by atoms with E-state index >= 15 is 0 Å². The van der Waals surface area contributed by atoms with E-state index in [4.69, 9.17) is 14.4 Å². The molecule has 0 spiro atoms. The molecule has 210 valence electrons. The van der Waals surface area contributed by atoms with Crippen molar-refractivity contribution in [3.63, 3.8) is 0 Å². The van der Waals surface area contributed by atoms with E-state index in [9.17, 15) is 0 Å². The molecule has 0 heterocycles. The number of hydrogen-bond donors (Lipinski definition) is 0. The van der Waals surface area contributed by atoms with Crippen molar-refractivity contribution in [1.82, 2.24) is 0 Å². The summed E-state index contributed by atoms with van der Waals surface area (Å²) in [5.74, 6) is 5.42. The van der Waals surface area contributed by atoms with Gasteiger partial charge in [0, 0.05) is 13.0 Å². The molecule has 4 heteroatoms. The first kappa shape index (κ1) is 31.7. The molecular formula is C32H62N2OSi. The van der Waals surface area contributed by atoms with Gasteiger partial charge in [-0.2, -0.15) is 0 Å². The van der Waals surface area contributed by atoms with Crippen molar-refractivity contribution in [2.45, 2.75) is 139 Å². The Labute approximate surface area is 226 Å². The number of aliphatic imine (C=N–C) groups is 2. The van der Waals surface area contributed by atoms with Gasteiger partial charge in [0.15, 0.2) is 8.32 Å². The summed E-state index contributed by atoms with van der Waals surface area (Å²) in [5.41, 5.74) is 2.44. The Bertz CT molecular complexity index is 686. The van der Waals surface area contributed by atoms with Crippen LogP contribution in [0.4, 0.5) is 0 Å². The SMILES string of the molecule is CC(=NC1C(C(C)C)CCCC1C(C)C)C(CCO[Si](C)(C)C)=NC1C(C(C)C)CCCC1C(C)C. The molecule has 0 amide bonds. The van der Waals surface area contributed by atoms with Crippen LogP contribution in [0.3, 0.4) is 0 Å². The van der Waals surface area contributed by atoms with Gasteiger partial charge in [-0.15, -0.1) is 0 Å². The Hall–Kier alpha value is -0.483. The van der Waals surface area contributed by atoms with Gasteiger partial charge in [-0.05, 0) is 99.6 Å². The zero-order valence-electron chi connectivity index (χ0n) is 26.2. The second-order valence-electron chi connectivity index (χ2n) is 14.5. The molecular weight excluding hydrogens is 456 g/mol. The van der Waals surface area contributed by atoms with Gasteiger partial charge in [0.1, 0.15) is 0 Å². The van der Waals surface area contributed by atoms with Gasteiger partial charge < -0.3 is 4.43 Å². The average molecular weight is 519 g/mol. The minimum absolute atomic E-state index is 0.416. The summed E-state index contributed by atoms with van der Waals surface area (Å²) in [5, 5.41) is 0. The molecule has 4 atom stereocenters. The van der Waals surface area contributed by atoms with Crippen molar-refractivity contribution in [2.75, 3.05) is 6.61 Å². The molecule has 2 aliphatic rings. The van der Waals surface area contributed by atoms with E-state index in [0.29, 0.717) is 59.4 Å². The van der Waals surface area contributed by atoms with Crippen LogP contribution >= 0.6 is 0 Å². The van der Waals surface area contributed by atoms with Gasteiger partial charge in [-0.1, -0.05) is 68.2 Å². The topological polar surface area (TPSA) is 34.0 Å². The normalized spacial score (nSPS) is 31.2. The summed E-state index contributed by atoms with van der Waals surface area (Å²) in [6.45, 7) is 29.2. The monoisotopic (exact) mass is 518 g/mol. The second-order valence-corrected chi connectivity index (χ2v) is 19.0. The molecule has 0 N–H and O–H groups in total. The summed E-state index contributed by atoms with van der Waals surface area (Å²) < 4.78 is 6.36. The fraction of sp³-hybridized carbons (Fsp3) is 0.938. The van der Waals surface area contributed by atoms with Gasteiger partial charge in [0.05, 0.1) is 23.5 Å². The van der Waals surface area contributed by atoms with Crippen LogP contribution in [0.5, 0.6) is 0 Å². The fourth-order valence-electron chi connectivity index (χ4n) is 7.06. The highest BCUT2D eigenvalue weighted by Crippen LogP contribution is 2.41. The van der Waals surface area contributed by atoms with Gasteiger partial charge in [-0.3, -0.25) is 9.98 Å². The van der Waals surface area contributed by atoms with Crippen LogP contribution in [0.15, 0.2) is 9.98 Å². The Balaban J connectivity index is 2.50. The lowest BCUT2D eigenvalue weighted by Gasteiger charge is -2.41. The molecule has 2 saturated carbocycles. The largest absolute Gasteiger partial charge is 0.417 e. The van der Waals surface area contributed by atoms with Crippen LogP contribution in [0.2, 0.25) is 19.6 Å². The third-order valence-corrected chi connectivity index (χ3v) is 10.3. The zero-order valence-corrected chi connectivity index (χ0v) is 27.2. The van der Waals surface area contributed by atoms with Gasteiger partial charge in [0.25, 0.3) is 0 Å². The van der Waals surface area contributed by atoms with E-state index < -0.39 is 8.32 Å².